The third kappa shape index (κ3) is 5.52. The minimum atomic E-state index is -0.493. The second kappa shape index (κ2) is 8.27. The second-order valence-electron chi connectivity index (χ2n) is 6.16. The molecule has 5 heteroatoms. The third-order valence-electron chi connectivity index (χ3n) is 3.84. The van der Waals surface area contributed by atoms with Crippen molar-refractivity contribution in [1.82, 2.24) is 4.90 Å². The summed E-state index contributed by atoms with van der Waals surface area (Å²) >= 11 is 5.88. The molecule has 0 amide bonds. The van der Waals surface area contributed by atoms with E-state index in [-0.39, 0.29) is 18.3 Å². The predicted molar refractivity (Wildman–Crippen MR) is 88.3 cm³/mol. The van der Waals surface area contributed by atoms with Crippen LogP contribution in [0.5, 0.6) is 0 Å². The van der Waals surface area contributed by atoms with Crippen molar-refractivity contribution in [3.63, 3.8) is 0 Å². The predicted octanol–water partition coefficient (Wildman–Crippen LogP) is 2.89. The Morgan fingerprint density at radius 3 is 2.45 bits per heavy atom. The van der Waals surface area contributed by atoms with E-state index in [0.29, 0.717) is 18.2 Å². The molecule has 1 aromatic rings. The molecule has 22 heavy (non-hydrogen) atoms. The zero-order valence-corrected chi connectivity index (χ0v) is 14.3. The van der Waals surface area contributed by atoms with Crippen LogP contribution in [0, 0.1) is 0 Å². The Bertz CT molecular complexity index is 444. The van der Waals surface area contributed by atoms with Gasteiger partial charge in [-0.1, -0.05) is 23.7 Å². The number of morpholine rings is 1. The van der Waals surface area contributed by atoms with E-state index in [2.05, 4.69) is 18.7 Å². The van der Waals surface area contributed by atoms with Crippen molar-refractivity contribution >= 4 is 11.6 Å². The maximum absolute atomic E-state index is 10.2. The van der Waals surface area contributed by atoms with Crippen LogP contribution < -0.4 is 0 Å². The normalized spacial score (nSPS) is 25.9. The van der Waals surface area contributed by atoms with Crippen LogP contribution in [0.1, 0.15) is 32.4 Å². The fraction of sp³-hybridized carbons (Fsp3) is 0.647. The Morgan fingerprint density at radius 2 is 1.86 bits per heavy atom. The third-order valence-corrected chi connectivity index (χ3v) is 4.09. The highest BCUT2D eigenvalue weighted by molar-refractivity contribution is 6.30. The lowest BCUT2D eigenvalue weighted by Crippen LogP contribution is -2.48. The Kier molecular flexibility index (Phi) is 6.66. The molecule has 1 saturated heterocycles. The first kappa shape index (κ1) is 17.7. The van der Waals surface area contributed by atoms with E-state index in [9.17, 15) is 5.11 Å². The topological polar surface area (TPSA) is 41.9 Å². The molecule has 124 valence electrons. The molecule has 0 bridgehead atoms. The van der Waals surface area contributed by atoms with Crippen LogP contribution in [0.25, 0.3) is 0 Å². The monoisotopic (exact) mass is 327 g/mol. The first-order valence-electron chi connectivity index (χ1n) is 7.87. The highest BCUT2D eigenvalue weighted by Crippen LogP contribution is 2.19. The molecule has 1 aliphatic rings. The molecule has 1 N–H and O–H groups in total. The van der Waals surface area contributed by atoms with Gasteiger partial charge in [-0.05, 0) is 38.5 Å². The van der Waals surface area contributed by atoms with Crippen molar-refractivity contribution in [1.29, 1.82) is 0 Å². The molecule has 0 radical (unpaired) electrons. The molecule has 1 fully saturated rings. The average molecular weight is 328 g/mol. The maximum atomic E-state index is 10.2. The van der Waals surface area contributed by atoms with E-state index >= 15 is 0 Å². The van der Waals surface area contributed by atoms with Gasteiger partial charge in [0, 0.05) is 24.7 Å². The van der Waals surface area contributed by atoms with Crippen LogP contribution in [-0.2, 0) is 9.47 Å². The molecular weight excluding hydrogens is 302 g/mol. The number of halogens is 1. The lowest BCUT2D eigenvalue weighted by atomic mass is 10.1. The van der Waals surface area contributed by atoms with Crippen molar-refractivity contribution in [2.24, 2.45) is 0 Å². The van der Waals surface area contributed by atoms with Crippen molar-refractivity contribution < 1.29 is 14.6 Å². The van der Waals surface area contributed by atoms with Gasteiger partial charge in [0.25, 0.3) is 0 Å². The van der Waals surface area contributed by atoms with Gasteiger partial charge in [-0.3, -0.25) is 4.90 Å². The summed E-state index contributed by atoms with van der Waals surface area (Å²) in [5.74, 6) is 0. The van der Waals surface area contributed by atoms with Crippen molar-refractivity contribution in [2.75, 3.05) is 26.2 Å². The molecule has 1 heterocycles. The Balaban J connectivity index is 1.75. The minimum absolute atomic E-state index is 0.0607. The maximum Gasteiger partial charge on any atom is 0.0900 e. The summed E-state index contributed by atoms with van der Waals surface area (Å²) in [6.07, 6.45) is -0.128. The average Bonchev–Trinajstić information content (AvgIpc) is 2.44. The number of rotatable bonds is 6. The van der Waals surface area contributed by atoms with Gasteiger partial charge in [-0.2, -0.15) is 0 Å². The smallest absolute Gasteiger partial charge is 0.0900 e. The molecule has 0 unspecified atom stereocenters. The van der Waals surface area contributed by atoms with Crippen LogP contribution in [0.2, 0.25) is 5.02 Å². The summed E-state index contributed by atoms with van der Waals surface area (Å²) < 4.78 is 11.5. The van der Waals surface area contributed by atoms with Gasteiger partial charge in [-0.25, -0.2) is 0 Å². The number of aliphatic hydroxyl groups is 1. The fourth-order valence-corrected chi connectivity index (χ4v) is 3.00. The van der Waals surface area contributed by atoms with Gasteiger partial charge >= 0.3 is 0 Å². The standard InChI is InChI=1S/C17H26ClNO3/c1-12-8-19(9-13(2)22-12)10-17(20)11-21-14(3)15-4-6-16(18)7-5-15/h4-7,12-14,17,20H,8-11H2,1-3H3/t12-,13-,14-,17+/m1/s1. The molecule has 4 nitrogen and oxygen atoms in total. The molecule has 0 saturated carbocycles. The zero-order valence-electron chi connectivity index (χ0n) is 13.5. The van der Waals surface area contributed by atoms with Crippen LogP contribution in [0.15, 0.2) is 24.3 Å². The number of benzene rings is 1. The van der Waals surface area contributed by atoms with Crippen molar-refractivity contribution in [3.05, 3.63) is 34.9 Å². The molecule has 0 aliphatic carbocycles. The second-order valence-corrected chi connectivity index (χ2v) is 6.59. The first-order valence-corrected chi connectivity index (χ1v) is 8.24. The van der Waals surface area contributed by atoms with Crippen molar-refractivity contribution in [3.8, 4) is 0 Å². The number of nitrogens with zero attached hydrogens (tertiary/aromatic N) is 1. The van der Waals surface area contributed by atoms with E-state index in [0.717, 1.165) is 18.7 Å². The number of ether oxygens (including phenoxy) is 2. The van der Waals surface area contributed by atoms with Crippen LogP contribution in [0.4, 0.5) is 0 Å². The summed E-state index contributed by atoms with van der Waals surface area (Å²) in [6.45, 7) is 8.76. The fourth-order valence-electron chi connectivity index (χ4n) is 2.87. The quantitative estimate of drug-likeness (QED) is 0.872. The SMILES string of the molecule is C[C@@H]1CN(C[C@H](O)CO[C@H](C)c2ccc(Cl)cc2)C[C@@H](C)O1. The van der Waals surface area contributed by atoms with E-state index in [1.54, 1.807) is 0 Å². The Hall–Kier alpha value is -0.650. The van der Waals surface area contributed by atoms with Gasteiger partial charge < -0.3 is 14.6 Å². The zero-order chi connectivity index (χ0) is 16.1. The number of β-amino-alcohol motifs (C(OH)–C–C–N with tert-alkyl or cyclic N) is 1. The van der Waals surface area contributed by atoms with Gasteiger partial charge in [0.05, 0.1) is 31.0 Å². The summed E-state index contributed by atoms with van der Waals surface area (Å²) in [6, 6.07) is 7.60. The molecule has 1 aliphatic heterocycles. The molecule has 2 rings (SSSR count). The summed E-state index contributed by atoms with van der Waals surface area (Å²) in [7, 11) is 0. The van der Waals surface area contributed by atoms with Crippen LogP contribution in [-0.4, -0.2) is 54.6 Å². The largest absolute Gasteiger partial charge is 0.389 e. The lowest BCUT2D eigenvalue weighted by molar-refractivity contribution is -0.0852. The Morgan fingerprint density at radius 1 is 1.27 bits per heavy atom. The number of hydrogen-bond donors (Lipinski definition) is 1. The van der Waals surface area contributed by atoms with Gasteiger partial charge in [0.1, 0.15) is 0 Å². The first-order chi connectivity index (χ1) is 10.4. The number of aliphatic hydroxyl groups excluding tert-OH is 1. The number of hydrogen-bond acceptors (Lipinski definition) is 4. The lowest BCUT2D eigenvalue weighted by Gasteiger charge is -2.36. The molecular formula is C17H26ClNO3. The van der Waals surface area contributed by atoms with Crippen LogP contribution >= 0.6 is 11.6 Å². The minimum Gasteiger partial charge on any atom is -0.389 e. The van der Waals surface area contributed by atoms with E-state index < -0.39 is 6.10 Å². The summed E-state index contributed by atoms with van der Waals surface area (Å²) in [5.41, 5.74) is 1.06. The van der Waals surface area contributed by atoms with Crippen LogP contribution in [0.3, 0.4) is 0 Å². The molecule has 0 aromatic heterocycles. The highest BCUT2D eigenvalue weighted by Gasteiger charge is 2.24. The summed E-state index contributed by atoms with van der Waals surface area (Å²) in [5, 5.41) is 10.9. The highest BCUT2D eigenvalue weighted by atomic mass is 35.5. The Labute approximate surface area is 138 Å². The van der Waals surface area contributed by atoms with Gasteiger partial charge in [0.2, 0.25) is 0 Å². The molecule has 0 spiro atoms. The van der Waals surface area contributed by atoms with E-state index in [1.165, 1.54) is 0 Å². The van der Waals surface area contributed by atoms with E-state index in [1.807, 2.05) is 31.2 Å². The van der Waals surface area contributed by atoms with Gasteiger partial charge in [0.15, 0.2) is 0 Å². The van der Waals surface area contributed by atoms with Gasteiger partial charge in [-0.15, -0.1) is 0 Å². The molecule has 1 aromatic carbocycles. The molecule has 4 atom stereocenters. The van der Waals surface area contributed by atoms with E-state index in [4.69, 9.17) is 21.1 Å². The summed E-state index contributed by atoms with van der Waals surface area (Å²) in [4.78, 5) is 2.24. The van der Waals surface area contributed by atoms with Crippen molar-refractivity contribution in [2.45, 2.75) is 45.2 Å².